The van der Waals surface area contributed by atoms with Gasteiger partial charge in [-0.1, -0.05) is 6.07 Å². The summed E-state index contributed by atoms with van der Waals surface area (Å²) in [6.07, 6.45) is 1.59. The van der Waals surface area contributed by atoms with Crippen LogP contribution >= 0.6 is 22.9 Å². The predicted octanol–water partition coefficient (Wildman–Crippen LogP) is 2.25. The van der Waals surface area contributed by atoms with E-state index in [0.717, 1.165) is 10.6 Å². The SMILES string of the molecule is Clc1nncc(-c2cccs2)n1. The molecule has 0 fully saturated rings. The minimum Gasteiger partial charge on any atom is -0.214 e. The molecule has 5 heteroatoms. The quantitative estimate of drug-likeness (QED) is 0.704. The maximum absolute atomic E-state index is 5.58. The van der Waals surface area contributed by atoms with Crippen LogP contribution in [0, 0.1) is 0 Å². The lowest BCUT2D eigenvalue weighted by Gasteiger charge is -1.93. The molecule has 0 aliphatic carbocycles. The summed E-state index contributed by atoms with van der Waals surface area (Å²) < 4.78 is 0. The fourth-order valence-electron chi connectivity index (χ4n) is 0.825. The van der Waals surface area contributed by atoms with Gasteiger partial charge in [0.15, 0.2) is 0 Å². The molecule has 0 spiro atoms. The second kappa shape index (κ2) is 3.16. The molecule has 2 aromatic heterocycles. The first kappa shape index (κ1) is 7.64. The summed E-state index contributed by atoms with van der Waals surface area (Å²) >= 11 is 7.18. The third kappa shape index (κ3) is 1.44. The van der Waals surface area contributed by atoms with Gasteiger partial charge in [0, 0.05) is 0 Å². The summed E-state index contributed by atoms with van der Waals surface area (Å²) in [5.74, 6) is 0. The van der Waals surface area contributed by atoms with E-state index < -0.39 is 0 Å². The molecule has 3 nitrogen and oxygen atoms in total. The first-order valence-corrected chi connectivity index (χ1v) is 4.51. The average molecular weight is 198 g/mol. The largest absolute Gasteiger partial charge is 0.243 e. The van der Waals surface area contributed by atoms with Gasteiger partial charge < -0.3 is 0 Å². The number of aromatic nitrogens is 3. The lowest BCUT2D eigenvalue weighted by atomic mass is 10.4. The lowest BCUT2D eigenvalue weighted by Crippen LogP contribution is -1.87. The van der Waals surface area contributed by atoms with Crippen molar-refractivity contribution in [1.29, 1.82) is 0 Å². The molecule has 0 saturated heterocycles. The summed E-state index contributed by atoms with van der Waals surface area (Å²) in [5, 5.41) is 9.42. The van der Waals surface area contributed by atoms with Gasteiger partial charge in [-0.25, -0.2) is 4.98 Å². The Labute approximate surface area is 78.1 Å². The van der Waals surface area contributed by atoms with Gasteiger partial charge >= 0.3 is 0 Å². The van der Waals surface area contributed by atoms with Crippen LogP contribution in [0.4, 0.5) is 0 Å². The van der Waals surface area contributed by atoms with E-state index in [4.69, 9.17) is 11.6 Å². The van der Waals surface area contributed by atoms with E-state index in [-0.39, 0.29) is 5.28 Å². The van der Waals surface area contributed by atoms with Gasteiger partial charge in [0.05, 0.1) is 11.1 Å². The van der Waals surface area contributed by atoms with Crippen molar-refractivity contribution in [2.75, 3.05) is 0 Å². The molecule has 2 aromatic rings. The van der Waals surface area contributed by atoms with Crippen molar-refractivity contribution in [2.45, 2.75) is 0 Å². The molecular weight excluding hydrogens is 194 g/mol. The molecule has 0 N–H and O–H groups in total. The van der Waals surface area contributed by atoms with Gasteiger partial charge in [-0.15, -0.1) is 16.4 Å². The Balaban J connectivity index is 2.48. The fourth-order valence-corrected chi connectivity index (χ4v) is 1.64. The Morgan fingerprint density at radius 1 is 1.42 bits per heavy atom. The monoisotopic (exact) mass is 197 g/mol. The molecular formula is C7H4ClN3S. The number of rotatable bonds is 1. The third-order valence-corrected chi connectivity index (χ3v) is 2.36. The second-order valence-electron chi connectivity index (χ2n) is 2.09. The van der Waals surface area contributed by atoms with Gasteiger partial charge in [0.25, 0.3) is 0 Å². The smallest absolute Gasteiger partial charge is 0.214 e. The second-order valence-corrected chi connectivity index (χ2v) is 3.37. The Hall–Kier alpha value is -1.00. The molecule has 0 aliphatic heterocycles. The van der Waals surface area contributed by atoms with Gasteiger partial charge in [-0.3, -0.25) is 0 Å². The summed E-state index contributed by atoms with van der Waals surface area (Å²) in [6.45, 7) is 0. The highest BCUT2D eigenvalue weighted by Crippen LogP contribution is 2.21. The summed E-state index contributed by atoms with van der Waals surface area (Å²) in [6, 6.07) is 3.92. The fraction of sp³-hybridized carbons (Fsp3) is 0. The molecule has 0 atom stereocenters. The van der Waals surface area contributed by atoms with Crippen LogP contribution in [0.2, 0.25) is 5.28 Å². The van der Waals surface area contributed by atoms with E-state index >= 15 is 0 Å². The van der Waals surface area contributed by atoms with Crippen molar-refractivity contribution in [3.63, 3.8) is 0 Å². The molecule has 0 unspecified atom stereocenters. The molecule has 60 valence electrons. The van der Waals surface area contributed by atoms with Gasteiger partial charge in [0.2, 0.25) is 5.28 Å². The Morgan fingerprint density at radius 2 is 2.33 bits per heavy atom. The number of thiophene rings is 1. The van der Waals surface area contributed by atoms with Crippen LogP contribution in [0.3, 0.4) is 0 Å². The van der Waals surface area contributed by atoms with E-state index in [1.807, 2.05) is 17.5 Å². The van der Waals surface area contributed by atoms with E-state index in [2.05, 4.69) is 15.2 Å². The van der Waals surface area contributed by atoms with Crippen LogP contribution in [0.1, 0.15) is 0 Å². The van der Waals surface area contributed by atoms with Crippen LogP contribution in [0.15, 0.2) is 23.7 Å². The van der Waals surface area contributed by atoms with Crippen LogP contribution in [0.25, 0.3) is 10.6 Å². The molecule has 0 radical (unpaired) electrons. The maximum Gasteiger partial charge on any atom is 0.243 e. The molecule has 0 aromatic carbocycles. The highest BCUT2D eigenvalue weighted by Gasteiger charge is 2.01. The van der Waals surface area contributed by atoms with E-state index in [0.29, 0.717) is 0 Å². The van der Waals surface area contributed by atoms with Gasteiger partial charge in [-0.05, 0) is 23.0 Å². The van der Waals surface area contributed by atoms with Crippen LogP contribution in [-0.2, 0) is 0 Å². The highest BCUT2D eigenvalue weighted by atomic mass is 35.5. The maximum atomic E-state index is 5.58. The predicted molar refractivity (Wildman–Crippen MR) is 48.2 cm³/mol. The molecule has 0 bridgehead atoms. The Bertz CT molecular complexity index is 374. The van der Waals surface area contributed by atoms with Crippen LogP contribution in [-0.4, -0.2) is 15.2 Å². The molecule has 0 saturated carbocycles. The normalized spacial score (nSPS) is 10.1. The van der Waals surface area contributed by atoms with Crippen molar-refractivity contribution in [1.82, 2.24) is 15.2 Å². The van der Waals surface area contributed by atoms with Crippen molar-refractivity contribution in [3.8, 4) is 10.6 Å². The van der Waals surface area contributed by atoms with E-state index in [9.17, 15) is 0 Å². The summed E-state index contributed by atoms with van der Waals surface area (Å²) in [7, 11) is 0. The zero-order valence-electron chi connectivity index (χ0n) is 5.94. The lowest BCUT2D eigenvalue weighted by molar-refractivity contribution is 0.976. The van der Waals surface area contributed by atoms with Crippen LogP contribution in [0.5, 0.6) is 0 Å². The molecule has 2 rings (SSSR count). The number of halogens is 1. The van der Waals surface area contributed by atoms with Crippen molar-refractivity contribution < 1.29 is 0 Å². The van der Waals surface area contributed by atoms with Crippen molar-refractivity contribution in [3.05, 3.63) is 29.0 Å². The molecule has 2 heterocycles. The number of nitrogens with zero attached hydrogens (tertiary/aromatic N) is 3. The number of hydrogen-bond acceptors (Lipinski definition) is 4. The molecule has 0 amide bonds. The molecule has 0 aliphatic rings. The van der Waals surface area contributed by atoms with Crippen molar-refractivity contribution >= 4 is 22.9 Å². The van der Waals surface area contributed by atoms with E-state index in [1.165, 1.54) is 0 Å². The van der Waals surface area contributed by atoms with Gasteiger partial charge in [-0.2, -0.15) is 5.10 Å². The zero-order chi connectivity index (χ0) is 8.39. The Kier molecular flexibility index (Phi) is 2.01. The highest BCUT2D eigenvalue weighted by molar-refractivity contribution is 7.13. The topological polar surface area (TPSA) is 38.7 Å². The van der Waals surface area contributed by atoms with E-state index in [1.54, 1.807) is 17.5 Å². The minimum absolute atomic E-state index is 0.181. The average Bonchev–Trinajstić information content (AvgIpc) is 2.56. The van der Waals surface area contributed by atoms with Gasteiger partial charge in [0.1, 0.15) is 5.69 Å². The standard InChI is InChI=1S/C7H4ClN3S/c8-7-10-5(4-9-11-7)6-2-1-3-12-6/h1-4H. The number of hydrogen-bond donors (Lipinski definition) is 0. The summed E-state index contributed by atoms with van der Waals surface area (Å²) in [4.78, 5) is 5.07. The minimum atomic E-state index is 0.181. The first-order chi connectivity index (χ1) is 5.86. The van der Waals surface area contributed by atoms with Crippen molar-refractivity contribution in [2.24, 2.45) is 0 Å². The zero-order valence-corrected chi connectivity index (χ0v) is 7.51. The molecule has 12 heavy (non-hydrogen) atoms. The third-order valence-electron chi connectivity index (χ3n) is 1.31. The first-order valence-electron chi connectivity index (χ1n) is 3.25. The Morgan fingerprint density at radius 3 is 3.00 bits per heavy atom. The summed E-state index contributed by atoms with van der Waals surface area (Å²) in [5.41, 5.74) is 0.769. The van der Waals surface area contributed by atoms with Crippen LogP contribution < -0.4 is 0 Å².